The number of rotatable bonds is 13. The van der Waals surface area contributed by atoms with Crippen molar-refractivity contribution in [2.45, 2.75) is 64.7 Å². The van der Waals surface area contributed by atoms with Gasteiger partial charge in [0.15, 0.2) is 0 Å². The van der Waals surface area contributed by atoms with Crippen molar-refractivity contribution < 1.29 is 15.1 Å². The Morgan fingerprint density at radius 3 is 2.21 bits per heavy atom. The third-order valence-electron chi connectivity index (χ3n) is 4.88. The van der Waals surface area contributed by atoms with E-state index >= 15 is 0 Å². The lowest BCUT2D eigenvalue weighted by molar-refractivity contribution is 0.302. The number of oxime groups is 1. The lowest BCUT2D eigenvalue weighted by Gasteiger charge is -2.11. The van der Waals surface area contributed by atoms with Gasteiger partial charge in [-0.2, -0.15) is 0 Å². The van der Waals surface area contributed by atoms with Gasteiger partial charge >= 0.3 is 0 Å². The highest BCUT2D eigenvalue weighted by atomic mass is 16.5. The van der Waals surface area contributed by atoms with E-state index in [1.807, 2.05) is 36.4 Å². The molecule has 0 amide bonds. The summed E-state index contributed by atoms with van der Waals surface area (Å²) in [5.74, 6) is 0.707. The molecule has 0 saturated carbocycles. The van der Waals surface area contributed by atoms with Crippen LogP contribution in [0.3, 0.4) is 0 Å². The Morgan fingerprint density at radius 2 is 1.57 bits per heavy atom. The van der Waals surface area contributed by atoms with Crippen molar-refractivity contribution in [2.75, 3.05) is 6.61 Å². The highest BCUT2D eigenvalue weighted by Gasteiger charge is 2.12. The molecule has 0 saturated heterocycles. The number of ether oxygens (including phenoxy) is 1. The van der Waals surface area contributed by atoms with Gasteiger partial charge in [0, 0.05) is 18.1 Å². The number of unbranched alkanes of at least 4 members (excludes halogenated alkanes) is 7. The van der Waals surface area contributed by atoms with E-state index in [9.17, 15) is 10.3 Å². The minimum Gasteiger partial charge on any atom is -0.507 e. The predicted octanol–water partition coefficient (Wildman–Crippen LogP) is 6.33. The molecule has 0 unspecified atom stereocenters. The van der Waals surface area contributed by atoms with Gasteiger partial charge in [0.05, 0.1) is 12.3 Å². The van der Waals surface area contributed by atoms with Gasteiger partial charge < -0.3 is 15.1 Å². The molecule has 2 aromatic rings. The molecule has 2 N–H and O–H groups in total. The molecule has 0 atom stereocenters. The van der Waals surface area contributed by atoms with Crippen LogP contribution in [0.1, 0.15) is 69.4 Å². The van der Waals surface area contributed by atoms with E-state index in [1.165, 1.54) is 44.9 Å². The maximum Gasteiger partial charge on any atom is 0.128 e. The second-order valence-electron chi connectivity index (χ2n) is 7.21. The summed E-state index contributed by atoms with van der Waals surface area (Å²) in [6.45, 7) is 2.89. The number of hydrogen-bond acceptors (Lipinski definition) is 4. The van der Waals surface area contributed by atoms with Gasteiger partial charge in [-0.25, -0.2) is 0 Å². The third kappa shape index (κ3) is 7.63. The van der Waals surface area contributed by atoms with Gasteiger partial charge in [0.25, 0.3) is 0 Å². The minimum atomic E-state index is 0.0668. The molecule has 2 aromatic carbocycles. The fraction of sp³-hybridized carbons (Fsp3) is 0.458. The Labute approximate surface area is 168 Å². The number of hydrogen-bond donors (Lipinski definition) is 2. The van der Waals surface area contributed by atoms with Crippen molar-refractivity contribution in [1.82, 2.24) is 0 Å². The maximum absolute atomic E-state index is 10.3. The summed E-state index contributed by atoms with van der Waals surface area (Å²) >= 11 is 0. The third-order valence-corrected chi connectivity index (χ3v) is 4.88. The zero-order valence-corrected chi connectivity index (χ0v) is 16.9. The molecule has 0 radical (unpaired) electrons. The van der Waals surface area contributed by atoms with E-state index in [0.717, 1.165) is 12.0 Å². The number of nitrogens with zero attached hydrogens (tertiary/aromatic N) is 1. The first-order valence-corrected chi connectivity index (χ1v) is 10.5. The number of phenolic OH excluding ortho intramolecular Hbond substituents is 1. The molecule has 2 rings (SSSR count). The van der Waals surface area contributed by atoms with Gasteiger partial charge in [-0.1, -0.05) is 87.4 Å². The zero-order chi connectivity index (χ0) is 20.0. The average molecular weight is 384 g/mol. The first-order valence-electron chi connectivity index (χ1n) is 10.5. The van der Waals surface area contributed by atoms with Crippen LogP contribution < -0.4 is 4.74 Å². The van der Waals surface area contributed by atoms with Gasteiger partial charge in [-0.05, 0) is 24.1 Å². The summed E-state index contributed by atoms with van der Waals surface area (Å²) < 4.78 is 5.76. The Bertz CT molecular complexity index is 713. The fourth-order valence-electron chi connectivity index (χ4n) is 3.24. The van der Waals surface area contributed by atoms with Crippen molar-refractivity contribution in [3.8, 4) is 11.5 Å². The van der Waals surface area contributed by atoms with Crippen molar-refractivity contribution in [2.24, 2.45) is 5.16 Å². The molecule has 0 aliphatic rings. The molecule has 0 bridgehead atoms. The van der Waals surface area contributed by atoms with Crippen molar-refractivity contribution >= 4 is 5.71 Å². The van der Waals surface area contributed by atoms with Crippen LogP contribution in [0.5, 0.6) is 11.5 Å². The van der Waals surface area contributed by atoms with Crippen LogP contribution >= 0.6 is 0 Å². The SMILES string of the molecule is CCCCCCCCCCOc1ccc(/C(Cc2ccccc2)=N/O)c(O)c1. The molecule has 28 heavy (non-hydrogen) atoms. The number of aromatic hydroxyl groups is 1. The maximum atomic E-state index is 10.3. The standard InChI is InChI=1S/C24H33NO3/c1-2-3-4-5-6-7-8-12-17-28-21-15-16-22(24(26)19-21)23(25-27)18-20-13-10-9-11-14-20/h9-11,13-16,19,26-27H,2-8,12,17-18H2,1H3/b25-23+. The Balaban J connectivity index is 1.77. The normalized spacial score (nSPS) is 11.5. The predicted molar refractivity (Wildman–Crippen MR) is 115 cm³/mol. The zero-order valence-electron chi connectivity index (χ0n) is 16.9. The van der Waals surface area contributed by atoms with E-state index in [0.29, 0.717) is 30.1 Å². The lowest BCUT2D eigenvalue weighted by atomic mass is 10.0. The fourth-order valence-corrected chi connectivity index (χ4v) is 3.24. The van der Waals surface area contributed by atoms with Crippen molar-refractivity contribution in [1.29, 1.82) is 0 Å². The second kappa shape index (κ2) is 12.8. The van der Waals surface area contributed by atoms with Gasteiger partial charge in [0.1, 0.15) is 11.5 Å². The quantitative estimate of drug-likeness (QED) is 0.184. The Kier molecular flexibility index (Phi) is 9.98. The molecule has 152 valence electrons. The van der Waals surface area contributed by atoms with E-state index in [1.54, 1.807) is 12.1 Å². The largest absolute Gasteiger partial charge is 0.507 e. The number of phenols is 1. The smallest absolute Gasteiger partial charge is 0.128 e. The molecule has 0 aliphatic heterocycles. The van der Waals surface area contributed by atoms with Crippen LogP contribution in [-0.2, 0) is 6.42 Å². The number of benzene rings is 2. The van der Waals surface area contributed by atoms with Crippen molar-refractivity contribution in [3.63, 3.8) is 0 Å². The van der Waals surface area contributed by atoms with E-state index in [2.05, 4.69) is 12.1 Å². The highest BCUT2D eigenvalue weighted by Crippen LogP contribution is 2.25. The summed E-state index contributed by atoms with van der Waals surface area (Å²) in [5, 5.41) is 23.1. The molecule has 0 aliphatic carbocycles. The van der Waals surface area contributed by atoms with Crippen LogP contribution in [0.25, 0.3) is 0 Å². The molecular formula is C24H33NO3. The topological polar surface area (TPSA) is 62.0 Å². The van der Waals surface area contributed by atoms with Crippen LogP contribution in [0.4, 0.5) is 0 Å². The van der Waals surface area contributed by atoms with Crippen LogP contribution in [-0.4, -0.2) is 22.6 Å². The van der Waals surface area contributed by atoms with Gasteiger partial charge in [-0.15, -0.1) is 0 Å². The van der Waals surface area contributed by atoms with Crippen LogP contribution in [0, 0.1) is 0 Å². The van der Waals surface area contributed by atoms with Crippen LogP contribution in [0.15, 0.2) is 53.7 Å². The summed E-state index contributed by atoms with van der Waals surface area (Å²) in [4.78, 5) is 0. The van der Waals surface area contributed by atoms with Gasteiger partial charge in [0.2, 0.25) is 0 Å². The molecule has 4 heteroatoms. The molecule has 0 heterocycles. The Morgan fingerprint density at radius 1 is 0.893 bits per heavy atom. The molecular weight excluding hydrogens is 350 g/mol. The van der Waals surface area contributed by atoms with Gasteiger partial charge in [-0.3, -0.25) is 0 Å². The van der Waals surface area contributed by atoms with E-state index in [4.69, 9.17) is 4.74 Å². The van der Waals surface area contributed by atoms with Crippen molar-refractivity contribution in [3.05, 3.63) is 59.7 Å². The van der Waals surface area contributed by atoms with E-state index in [-0.39, 0.29) is 5.75 Å². The van der Waals surface area contributed by atoms with E-state index < -0.39 is 0 Å². The molecule has 0 spiro atoms. The second-order valence-corrected chi connectivity index (χ2v) is 7.21. The summed E-state index contributed by atoms with van der Waals surface area (Å²) in [7, 11) is 0. The molecule has 0 aromatic heterocycles. The monoisotopic (exact) mass is 383 g/mol. The first-order chi connectivity index (χ1) is 13.7. The summed E-state index contributed by atoms with van der Waals surface area (Å²) in [5.41, 5.74) is 1.97. The Hall–Kier alpha value is -2.49. The molecule has 0 fully saturated rings. The lowest BCUT2D eigenvalue weighted by Crippen LogP contribution is -2.06. The minimum absolute atomic E-state index is 0.0668. The van der Waals surface area contributed by atoms with Crippen LogP contribution in [0.2, 0.25) is 0 Å². The highest BCUT2D eigenvalue weighted by molar-refractivity contribution is 6.03. The first kappa shape index (κ1) is 21.8. The average Bonchev–Trinajstić information content (AvgIpc) is 2.72. The molecule has 4 nitrogen and oxygen atoms in total. The summed E-state index contributed by atoms with van der Waals surface area (Å²) in [6, 6.07) is 14.9. The summed E-state index contributed by atoms with van der Waals surface area (Å²) in [6.07, 6.45) is 10.5.